The molecule has 1 aliphatic rings. The number of ether oxygens (including phenoxy) is 1. The molecule has 1 aliphatic heterocycles. The second kappa shape index (κ2) is 8.89. The first kappa shape index (κ1) is 16.9. The second-order valence-corrected chi connectivity index (χ2v) is 5.27. The zero-order valence-electron chi connectivity index (χ0n) is 12.4. The molecule has 1 heterocycles. The standard InChI is InChI=1S/C13H26N4O3/c1-10(14)11-3-6-17(7-4-11)9-12(18)16-13(19)15-5-8-20-2/h10-11H,3-9,14H2,1-2H3,(H2,15,16,18,19). The lowest BCUT2D eigenvalue weighted by Gasteiger charge is -2.33. The Bertz CT molecular complexity index is 315. The Morgan fingerprint density at radius 1 is 1.40 bits per heavy atom. The number of hydrogen-bond donors (Lipinski definition) is 3. The Labute approximate surface area is 120 Å². The van der Waals surface area contributed by atoms with Gasteiger partial charge in [0, 0.05) is 19.7 Å². The van der Waals surface area contributed by atoms with Crippen molar-refractivity contribution in [1.82, 2.24) is 15.5 Å². The Hall–Kier alpha value is -1.18. The maximum Gasteiger partial charge on any atom is 0.321 e. The molecule has 0 spiro atoms. The molecule has 1 fully saturated rings. The van der Waals surface area contributed by atoms with Crippen molar-refractivity contribution in [3.63, 3.8) is 0 Å². The van der Waals surface area contributed by atoms with Crippen molar-refractivity contribution in [2.45, 2.75) is 25.8 Å². The molecule has 116 valence electrons. The second-order valence-electron chi connectivity index (χ2n) is 5.27. The minimum atomic E-state index is -0.475. The number of imide groups is 1. The van der Waals surface area contributed by atoms with Crippen LogP contribution in [0.3, 0.4) is 0 Å². The summed E-state index contributed by atoms with van der Waals surface area (Å²) in [5.41, 5.74) is 5.88. The molecule has 1 atom stereocenters. The normalized spacial score (nSPS) is 18.6. The predicted octanol–water partition coefficient (Wildman–Crippen LogP) is -0.482. The molecule has 0 saturated carbocycles. The first-order valence-electron chi connectivity index (χ1n) is 7.07. The highest BCUT2D eigenvalue weighted by atomic mass is 16.5. The average molecular weight is 286 g/mol. The topological polar surface area (TPSA) is 96.7 Å². The van der Waals surface area contributed by atoms with Crippen LogP contribution in [0.1, 0.15) is 19.8 Å². The smallest absolute Gasteiger partial charge is 0.321 e. The van der Waals surface area contributed by atoms with Crippen molar-refractivity contribution < 1.29 is 14.3 Å². The third kappa shape index (κ3) is 6.31. The molecule has 0 aromatic rings. The van der Waals surface area contributed by atoms with Crippen LogP contribution in [-0.4, -0.2) is 62.8 Å². The van der Waals surface area contributed by atoms with Crippen LogP contribution in [0.5, 0.6) is 0 Å². The fraction of sp³-hybridized carbons (Fsp3) is 0.846. The number of carbonyl (C=O) groups is 2. The molecule has 7 heteroatoms. The molecule has 20 heavy (non-hydrogen) atoms. The Morgan fingerprint density at radius 2 is 2.05 bits per heavy atom. The van der Waals surface area contributed by atoms with E-state index in [9.17, 15) is 9.59 Å². The van der Waals surface area contributed by atoms with Crippen molar-refractivity contribution in [3.05, 3.63) is 0 Å². The Morgan fingerprint density at radius 3 is 2.60 bits per heavy atom. The van der Waals surface area contributed by atoms with Crippen LogP contribution in [0, 0.1) is 5.92 Å². The predicted molar refractivity (Wildman–Crippen MR) is 76.2 cm³/mol. The summed E-state index contributed by atoms with van der Waals surface area (Å²) >= 11 is 0. The summed E-state index contributed by atoms with van der Waals surface area (Å²) < 4.78 is 4.80. The van der Waals surface area contributed by atoms with Gasteiger partial charge in [-0.1, -0.05) is 0 Å². The maximum absolute atomic E-state index is 11.7. The highest BCUT2D eigenvalue weighted by molar-refractivity contribution is 5.95. The van der Waals surface area contributed by atoms with Crippen LogP contribution < -0.4 is 16.4 Å². The fourth-order valence-corrected chi connectivity index (χ4v) is 2.32. The van der Waals surface area contributed by atoms with E-state index in [2.05, 4.69) is 15.5 Å². The molecule has 7 nitrogen and oxygen atoms in total. The lowest BCUT2D eigenvalue weighted by molar-refractivity contribution is -0.121. The quantitative estimate of drug-likeness (QED) is 0.573. The summed E-state index contributed by atoms with van der Waals surface area (Å²) in [5.74, 6) is 0.255. The highest BCUT2D eigenvalue weighted by Gasteiger charge is 2.23. The van der Waals surface area contributed by atoms with Gasteiger partial charge in [0.05, 0.1) is 13.2 Å². The van der Waals surface area contributed by atoms with Crippen molar-refractivity contribution in [2.75, 3.05) is 39.9 Å². The van der Waals surface area contributed by atoms with Crippen LogP contribution >= 0.6 is 0 Å². The van der Waals surface area contributed by atoms with Gasteiger partial charge in [-0.2, -0.15) is 0 Å². The molecular weight excluding hydrogens is 260 g/mol. The maximum atomic E-state index is 11.7. The number of hydrogen-bond acceptors (Lipinski definition) is 5. The number of urea groups is 1. The van der Waals surface area contributed by atoms with Gasteiger partial charge in [0.2, 0.25) is 5.91 Å². The van der Waals surface area contributed by atoms with Gasteiger partial charge in [-0.25, -0.2) is 4.79 Å². The lowest BCUT2D eigenvalue weighted by Crippen LogP contribution is -2.47. The molecule has 0 aliphatic carbocycles. The summed E-state index contributed by atoms with van der Waals surface area (Å²) in [6.45, 7) is 4.79. The van der Waals surface area contributed by atoms with E-state index >= 15 is 0 Å². The molecule has 3 amide bonds. The van der Waals surface area contributed by atoms with Crippen molar-refractivity contribution in [1.29, 1.82) is 0 Å². The van der Waals surface area contributed by atoms with Crippen molar-refractivity contribution in [2.24, 2.45) is 11.7 Å². The fourth-order valence-electron chi connectivity index (χ4n) is 2.32. The van der Waals surface area contributed by atoms with E-state index in [0.717, 1.165) is 25.9 Å². The van der Waals surface area contributed by atoms with Crippen LogP contribution in [0.15, 0.2) is 0 Å². The van der Waals surface area contributed by atoms with E-state index in [1.54, 1.807) is 7.11 Å². The Kier molecular flexibility index (Phi) is 7.50. The minimum absolute atomic E-state index is 0.206. The van der Waals surface area contributed by atoms with E-state index in [-0.39, 0.29) is 18.5 Å². The zero-order chi connectivity index (χ0) is 15.0. The molecule has 1 rings (SSSR count). The van der Waals surface area contributed by atoms with E-state index in [1.807, 2.05) is 6.92 Å². The van der Waals surface area contributed by atoms with E-state index in [0.29, 0.717) is 19.1 Å². The van der Waals surface area contributed by atoms with Gasteiger partial charge in [0.15, 0.2) is 0 Å². The van der Waals surface area contributed by atoms with Crippen molar-refractivity contribution in [3.8, 4) is 0 Å². The number of likely N-dealkylation sites (tertiary alicyclic amines) is 1. The van der Waals surface area contributed by atoms with Gasteiger partial charge in [0.25, 0.3) is 0 Å². The molecule has 1 saturated heterocycles. The van der Waals surface area contributed by atoms with Gasteiger partial charge in [-0.15, -0.1) is 0 Å². The number of methoxy groups -OCH3 is 1. The summed E-state index contributed by atoms with van der Waals surface area (Å²) in [4.78, 5) is 25.1. The van der Waals surface area contributed by atoms with Gasteiger partial charge in [-0.05, 0) is 38.8 Å². The summed E-state index contributed by atoms with van der Waals surface area (Å²) in [7, 11) is 1.55. The molecular formula is C13H26N4O3. The Balaban J connectivity index is 2.18. The molecule has 0 aromatic carbocycles. The monoisotopic (exact) mass is 286 g/mol. The number of nitrogens with zero attached hydrogens (tertiary/aromatic N) is 1. The van der Waals surface area contributed by atoms with E-state index in [4.69, 9.17) is 10.5 Å². The number of amides is 3. The zero-order valence-corrected chi connectivity index (χ0v) is 12.4. The average Bonchev–Trinajstić information content (AvgIpc) is 2.39. The number of rotatable bonds is 6. The van der Waals surface area contributed by atoms with E-state index < -0.39 is 6.03 Å². The van der Waals surface area contributed by atoms with Crippen LogP contribution in [0.25, 0.3) is 0 Å². The highest BCUT2D eigenvalue weighted by Crippen LogP contribution is 2.18. The minimum Gasteiger partial charge on any atom is -0.383 e. The first-order valence-corrected chi connectivity index (χ1v) is 7.07. The largest absolute Gasteiger partial charge is 0.383 e. The summed E-state index contributed by atoms with van der Waals surface area (Å²) in [5, 5.41) is 4.85. The molecule has 0 bridgehead atoms. The van der Waals surface area contributed by atoms with E-state index in [1.165, 1.54) is 0 Å². The van der Waals surface area contributed by atoms with Gasteiger partial charge in [-0.3, -0.25) is 15.0 Å². The van der Waals surface area contributed by atoms with Crippen LogP contribution in [0.4, 0.5) is 4.79 Å². The number of piperidine rings is 1. The van der Waals surface area contributed by atoms with Crippen LogP contribution in [0.2, 0.25) is 0 Å². The van der Waals surface area contributed by atoms with Gasteiger partial charge in [0.1, 0.15) is 0 Å². The number of nitrogens with two attached hydrogens (primary N) is 1. The third-order valence-corrected chi connectivity index (χ3v) is 3.59. The lowest BCUT2D eigenvalue weighted by atomic mass is 9.91. The van der Waals surface area contributed by atoms with Gasteiger partial charge < -0.3 is 15.8 Å². The molecule has 0 radical (unpaired) electrons. The first-order chi connectivity index (χ1) is 9.52. The van der Waals surface area contributed by atoms with Crippen molar-refractivity contribution >= 4 is 11.9 Å². The molecule has 4 N–H and O–H groups in total. The SMILES string of the molecule is COCCNC(=O)NC(=O)CN1CCC(C(C)N)CC1. The van der Waals surface area contributed by atoms with Crippen LogP contribution in [-0.2, 0) is 9.53 Å². The third-order valence-electron chi connectivity index (χ3n) is 3.59. The van der Waals surface area contributed by atoms with Gasteiger partial charge >= 0.3 is 6.03 Å². The molecule has 1 unspecified atom stereocenters. The summed E-state index contributed by atoms with van der Waals surface area (Å²) in [6.07, 6.45) is 2.01. The summed E-state index contributed by atoms with van der Waals surface area (Å²) in [6, 6.07) is -0.268. The number of nitrogens with one attached hydrogen (secondary N) is 2. The molecule has 0 aromatic heterocycles. The number of carbonyl (C=O) groups excluding carboxylic acids is 2.